The highest BCUT2D eigenvalue weighted by Gasteiger charge is 2.37. The summed E-state index contributed by atoms with van der Waals surface area (Å²) in [6, 6.07) is 0. The molecule has 1 saturated heterocycles. The van der Waals surface area contributed by atoms with E-state index in [-0.39, 0.29) is 11.8 Å². The number of rotatable bonds is 0. The van der Waals surface area contributed by atoms with E-state index in [2.05, 4.69) is 0 Å². The van der Waals surface area contributed by atoms with Gasteiger partial charge in [0, 0.05) is 5.41 Å². The van der Waals surface area contributed by atoms with Crippen molar-refractivity contribution < 1.29 is 19.1 Å². The Hall–Kier alpha value is -1.06. The third-order valence-corrected chi connectivity index (χ3v) is 3.28. The first kappa shape index (κ1) is 10.5. The summed E-state index contributed by atoms with van der Waals surface area (Å²) in [6.45, 7) is 0.832. The van der Waals surface area contributed by atoms with Gasteiger partial charge in [-0.05, 0) is 12.8 Å². The summed E-state index contributed by atoms with van der Waals surface area (Å²) in [6.07, 6.45) is 5.24. The van der Waals surface area contributed by atoms with E-state index in [4.69, 9.17) is 9.47 Å². The van der Waals surface area contributed by atoms with Crippen LogP contribution in [0.4, 0.5) is 0 Å². The third-order valence-electron chi connectivity index (χ3n) is 3.28. The highest BCUT2D eigenvalue weighted by atomic mass is 16.6. The lowest BCUT2D eigenvalue weighted by atomic mass is 9.75. The lowest BCUT2D eigenvalue weighted by Crippen LogP contribution is -2.38. The second kappa shape index (κ2) is 4.21. The van der Waals surface area contributed by atoms with Crippen molar-refractivity contribution in [2.45, 2.75) is 38.5 Å². The fraction of sp³-hybridized carbons (Fsp3) is 0.818. The van der Waals surface area contributed by atoms with E-state index in [1.807, 2.05) is 0 Å². The molecule has 2 rings (SSSR count). The van der Waals surface area contributed by atoms with Crippen LogP contribution in [0.25, 0.3) is 0 Å². The highest BCUT2D eigenvalue weighted by Crippen LogP contribution is 2.37. The minimum Gasteiger partial charge on any atom is -0.465 e. The van der Waals surface area contributed by atoms with Crippen LogP contribution in [-0.4, -0.2) is 25.2 Å². The maximum atomic E-state index is 11.1. The van der Waals surface area contributed by atoms with Crippen molar-refractivity contribution >= 4 is 11.9 Å². The first-order valence-electron chi connectivity index (χ1n) is 5.52. The van der Waals surface area contributed by atoms with Gasteiger partial charge < -0.3 is 9.47 Å². The molecular formula is C11H16O4. The van der Waals surface area contributed by atoms with Crippen LogP contribution in [0.3, 0.4) is 0 Å². The van der Waals surface area contributed by atoms with E-state index < -0.39 is 11.9 Å². The molecule has 0 bridgehead atoms. The van der Waals surface area contributed by atoms with Crippen molar-refractivity contribution in [3.05, 3.63) is 0 Å². The smallest absolute Gasteiger partial charge is 0.317 e. The van der Waals surface area contributed by atoms with Crippen LogP contribution < -0.4 is 0 Å². The largest absolute Gasteiger partial charge is 0.465 e. The Bertz CT molecular complexity index is 246. The Morgan fingerprint density at radius 1 is 0.867 bits per heavy atom. The number of carbonyl (C=O) groups is 2. The van der Waals surface area contributed by atoms with Gasteiger partial charge >= 0.3 is 11.9 Å². The Morgan fingerprint density at radius 2 is 1.40 bits per heavy atom. The first-order valence-corrected chi connectivity index (χ1v) is 5.52. The number of ether oxygens (including phenoxy) is 2. The lowest BCUT2D eigenvalue weighted by molar-refractivity contribution is -0.168. The second-order valence-corrected chi connectivity index (χ2v) is 4.56. The fourth-order valence-corrected chi connectivity index (χ4v) is 2.32. The van der Waals surface area contributed by atoms with Crippen molar-refractivity contribution in [2.24, 2.45) is 5.41 Å². The van der Waals surface area contributed by atoms with Gasteiger partial charge in [0.25, 0.3) is 0 Å². The number of carbonyl (C=O) groups excluding carboxylic acids is 2. The molecule has 0 aromatic carbocycles. The SMILES string of the molecule is O=C1CC(=O)OCC2(CCCCC2)CO1. The topological polar surface area (TPSA) is 52.6 Å². The van der Waals surface area contributed by atoms with E-state index in [0.717, 1.165) is 25.7 Å². The number of cyclic esters (lactones) is 2. The summed E-state index contributed by atoms with van der Waals surface area (Å²) in [5, 5.41) is 0. The highest BCUT2D eigenvalue weighted by molar-refractivity contribution is 5.91. The van der Waals surface area contributed by atoms with Crippen LogP contribution in [0.2, 0.25) is 0 Å². The average molecular weight is 212 g/mol. The summed E-state index contributed by atoms with van der Waals surface area (Å²) in [5.74, 6) is -0.908. The molecule has 0 radical (unpaired) electrons. The standard InChI is InChI=1S/C11H16O4/c12-9-6-10(13)15-8-11(7-14-9)4-2-1-3-5-11/h1-8H2. The summed E-state index contributed by atoms with van der Waals surface area (Å²) < 4.78 is 10.2. The van der Waals surface area contributed by atoms with Crippen LogP contribution in [0.5, 0.6) is 0 Å². The van der Waals surface area contributed by atoms with E-state index in [9.17, 15) is 9.59 Å². The molecule has 2 aliphatic rings. The minimum atomic E-state index is -0.454. The number of esters is 2. The van der Waals surface area contributed by atoms with Gasteiger partial charge in [-0.25, -0.2) is 0 Å². The number of hydrogen-bond donors (Lipinski definition) is 0. The molecule has 1 heterocycles. The quantitative estimate of drug-likeness (QED) is 0.450. The first-order chi connectivity index (χ1) is 7.20. The molecule has 0 atom stereocenters. The maximum absolute atomic E-state index is 11.1. The number of hydrogen-bond acceptors (Lipinski definition) is 4. The van der Waals surface area contributed by atoms with Crippen LogP contribution in [0.15, 0.2) is 0 Å². The van der Waals surface area contributed by atoms with E-state index >= 15 is 0 Å². The zero-order chi connectivity index (χ0) is 10.7. The predicted molar refractivity (Wildman–Crippen MR) is 52.1 cm³/mol. The second-order valence-electron chi connectivity index (χ2n) is 4.56. The summed E-state index contributed by atoms with van der Waals surface area (Å²) >= 11 is 0. The van der Waals surface area contributed by atoms with Crippen molar-refractivity contribution in [1.29, 1.82) is 0 Å². The Labute approximate surface area is 88.9 Å². The zero-order valence-corrected chi connectivity index (χ0v) is 8.79. The fourth-order valence-electron chi connectivity index (χ4n) is 2.32. The molecule has 2 fully saturated rings. The monoisotopic (exact) mass is 212 g/mol. The summed E-state index contributed by atoms with van der Waals surface area (Å²) in [4.78, 5) is 22.3. The van der Waals surface area contributed by atoms with Crippen LogP contribution in [0, 0.1) is 5.41 Å². The normalized spacial score (nSPS) is 26.4. The molecule has 4 heteroatoms. The molecule has 1 saturated carbocycles. The molecule has 0 unspecified atom stereocenters. The Kier molecular flexibility index (Phi) is 2.93. The molecule has 15 heavy (non-hydrogen) atoms. The van der Waals surface area contributed by atoms with E-state index in [1.54, 1.807) is 0 Å². The zero-order valence-electron chi connectivity index (χ0n) is 8.79. The molecule has 0 aromatic rings. The molecule has 1 aliphatic heterocycles. The van der Waals surface area contributed by atoms with E-state index in [1.165, 1.54) is 6.42 Å². The van der Waals surface area contributed by atoms with Crippen LogP contribution in [0.1, 0.15) is 38.5 Å². The van der Waals surface area contributed by atoms with Crippen molar-refractivity contribution in [2.75, 3.05) is 13.2 Å². The van der Waals surface area contributed by atoms with Gasteiger partial charge in [0.1, 0.15) is 19.6 Å². The van der Waals surface area contributed by atoms with Gasteiger partial charge in [-0.3, -0.25) is 9.59 Å². The molecule has 0 N–H and O–H groups in total. The molecule has 84 valence electrons. The molecule has 4 nitrogen and oxygen atoms in total. The van der Waals surface area contributed by atoms with Gasteiger partial charge in [0.05, 0.1) is 0 Å². The van der Waals surface area contributed by atoms with Crippen LogP contribution >= 0.6 is 0 Å². The van der Waals surface area contributed by atoms with Gasteiger partial charge in [0.15, 0.2) is 0 Å². The average Bonchev–Trinajstić information content (AvgIpc) is 2.24. The van der Waals surface area contributed by atoms with Crippen molar-refractivity contribution in [3.63, 3.8) is 0 Å². The van der Waals surface area contributed by atoms with Gasteiger partial charge in [-0.1, -0.05) is 19.3 Å². The maximum Gasteiger partial charge on any atom is 0.317 e. The van der Waals surface area contributed by atoms with E-state index in [0.29, 0.717) is 13.2 Å². The molecule has 0 aromatic heterocycles. The molecule has 1 aliphatic carbocycles. The molecule has 0 amide bonds. The molecular weight excluding hydrogens is 196 g/mol. The van der Waals surface area contributed by atoms with Crippen molar-refractivity contribution in [3.8, 4) is 0 Å². The predicted octanol–water partition coefficient (Wildman–Crippen LogP) is 1.43. The van der Waals surface area contributed by atoms with Gasteiger partial charge in [-0.15, -0.1) is 0 Å². The van der Waals surface area contributed by atoms with Gasteiger partial charge in [-0.2, -0.15) is 0 Å². The lowest BCUT2D eigenvalue weighted by Gasteiger charge is -2.36. The summed E-state index contributed by atoms with van der Waals surface area (Å²) in [7, 11) is 0. The third kappa shape index (κ3) is 2.49. The Balaban J connectivity index is 2.04. The summed E-state index contributed by atoms with van der Waals surface area (Å²) in [5.41, 5.74) is -0.0933. The van der Waals surface area contributed by atoms with Crippen molar-refractivity contribution in [1.82, 2.24) is 0 Å². The molecule has 1 spiro atoms. The van der Waals surface area contributed by atoms with Crippen LogP contribution in [-0.2, 0) is 19.1 Å². The minimum absolute atomic E-state index is 0.0933. The Morgan fingerprint density at radius 3 is 1.93 bits per heavy atom. The van der Waals surface area contributed by atoms with Gasteiger partial charge in [0.2, 0.25) is 0 Å².